The zero-order chi connectivity index (χ0) is 19.2. The van der Waals surface area contributed by atoms with Crippen LogP contribution < -0.4 is 9.64 Å². The molecule has 0 fully saturated rings. The number of unbranched alkanes of at least 4 members (excludes halogenated alkanes) is 1. The van der Waals surface area contributed by atoms with Gasteiger partial charge in [0.05, 0.1) is 17.8 Å². The average molecular weight is 364 g/mol. The van der Waals surface area contributed by atoms with Crippen molar-refractivity contribution in [2.75, 3.05) is 18.6 Å². The van der Waals surface area contributed by atoms with E-state index in [0.29, 0.717) is 12.2 Å². The van der Waals surface area contributed by atoms with Gasteiger partial charge >= 0.3 is 0 Å². The number of allylic oxidation sites excluding steroid dienone is 1. The highest BCUT2D eigenvalue weighted by Gasteiger charge is 2.19. The summed E-state index contributed by atoms with van der Waals surface area (Å²) >= 11 is 0. The van der Waals surface area contributed by atoms with Gasteiger partial charge in [0.15, 0.2) is 11.6 Å². The maximum Gasteiger partial charge on any atom is 0.258 e. The summed E-state index contributed by atoms with van der Waals surface area (Å²) in [4.78, 5) is 18.4. The Morgan fingerprint density at radius 1 is 1.26 bits per heavy atom. The van der Waals surface area contributed by atoms with Gasteiger partial charge in [-0.2, -0.15) is 0 Å². The number of benzene rings is 2. The summed E-state index contributed by atoms with van der Waals surface area (Å²) in [5.74, 6) is -0.711. The average Bonchev–Trinajstić information content (AvgIpc) is 2.71. The van der Waals surface area contributed by atoms with Crippen LogP contribution in [0.25, 0.3) is 10.9 Å². The number of hydrogen-bond acceptors (Lipinski definition) is 3. The molecule has 0 N–H and O–H groups in total. The van der Waals surface area contributed by atoms with Crippen molar-refractivity contribution < 1.29 is 13.9 Å². The number of hydrogen-bond donors (Lipinski definition) is 0. The summed E-state index contributed by atoms with van der Waals surface area (Å²) in [6.07, 6.45) is 5.05. The number of pyridine rings is 1. The maximum absolute atomic E-state index is 14.8. The minimum atomic E-state index is -0.547. The normalized spacial score (nSPS) is 10.6. The van der Waals surface area contributed by atoms with Crippen LogP contribution in [0.5, 0.6) is 5.75 Å². The molecule has 2 aromatic carbocycles. The molecule has 0 saturated heterocycles. The molecule has 0 unspecified atom stereocenters. The van der Waals surface area contributed by atoms with Gasteiger partial charge in [-0.25, -0.2) is 4.39 Å². The molecule has 0 saturated carbocycles. The topological polar surface area (TPSA) is 42.4 Å². The minimum absolute atomic E-state index is 0.138. The van der Waals surface area contributed by atoms with Crippen LogP contribution in [0.15, 0.2) is 67.4 Å². The van der Waals surface area contributed by atoms with Gasteiger partial charge in [0.25, 0.3) is 5.91 Å². The van der Waals surface area contributed by atoms with E-state index in [4.69, 9.17) is 4.74 Å². The van der Waals surface area contributed by atoms with Crippen LogP contribution in [0.1, 0.15) is 23.2 Å². The fraction of sp³-hybridized carbons (Fsp3) is 0.182. The van der Waals surface area contributed by atoms with E-state index >= 15 is 0 Å². The Kier molecular flexibility index (Phi) is 5.81. The van der Waals surface area contributed by atoms with E-state index in [-0.39, 0.29) is 17.3 Å². The first-order valence-electron chi connectivity index (χ1n) is 8.77. The second kappa shape index (κ2) is 8.45. The van der Waals surface area contributed by atoms with Crippen LogP contribution in [0, 0.1) is 5.82 Å². The van der Waals surface area contributed by atoms with E-state index in [1.165, 1.54) is 4.90 Å². The van der Waals surface area contributed by atoms with Gasteiger partial charge in [0.2, 0.25) is 0 Å². The molecule has 0 radical (unpaired) electrons. The van der Waals surface area contributed by atoms with Crippen molar-refractivity contribution in [1.29, 1.82) is 0 Å². The molecule has 1 amide bonds. The molecule has 1 heterocycles. The number of ether oxygens (including phenoxy) is 1. The molecule has 5 heteroatoms. The number of fused-ring (bicyclic) bond motifs is 1. The highest BCUT2D eigenvalue weighted by Crippen LogP contribution is 2.28. The number of carbonyl (C=O) groups excluding carboxylic acids is 1. The molecule has 27 heavy (non-hydrogen) atoms. The fourth-order valence-corrected chi connectivity index (χ4v) is 2.79. The Morgan fingerprint density at radius 3 is 2.93 bits per heavy atom. The highest BCUT2D eigenvalue weighted by molar-refractivity contribution is 6.07. The van der Waals surface area contributed by atoms with Crippen LogP contribution in [-0.4, -0.2) is 24.5 Å². The second-order valence-electron chi connectivity index (χ2n) is 6.14. The molecule has 4 nitrogen and oxygen atoms in total. The summed E-state index contributed by atoms with van der Waals surface area (Å²) in [5.41, 5.74) is 1.44. The predicted octanol–water partition coefficient (Wildman–Crippen LogP) is 5.00. The maximum atomic E-state index is 14.8. The highest BCUT2D eigenvalue weighted by atomic mass is 19.1. The van der Waals surface area contributed by atoms with Gasteiger partial charge in [-0.3, -0.25) is 9.78 Å². The first-order valence-corrected chi connectivity index (χ1v) is 8.77. The summed E-state index contributed by atoms with van der Waals surface area (Å²) in [6.45, 7) is 4.04. The van der Waals surface area contributed by atoms with Crippen molar-refractivity contribution in [3.63, 3.8) is 0 Å². The van der Waals surface area contributed by atoms with Gasteiger partial charge in [-0.05, 0) is 49.2 Å². The minimum Gasteiger partial charge on any atom is -0.490 e. The summed E-state index contributed by atoms with van der Waals surface area (Å²) in [5, 5.41) is 0.858. The van der Waals surface area contributed by atoms with E-state index in [1.54, 1.807) is 55.7 Å². The molecule has 0 spiro atoms. The third-order valence-corrected chi connectivity index (χ3v) is 4.27. The lowest BCUT2D eigenvalue weighted by molar-refractivity contribution is 0.0992. The number of amides is 1. The molecular weight excluding hydrogens is 343 g/mol. The monoisotopic (exact) mass is 364 g/mol. The Labute approximate surface area is 157 Å². The number of carbonyl (C=O) groups is 1. The Hall–Kier alpha value is -3.21. The standard InChI is InChI=1S/C22H21FN2O2/c1-3-4-5-14-27-20-10-6-9-19(21(20)23)25(2)22(26)17-11-12-18-16(15-17)8-7-13-24-18/h3,6-13,15H,1,4-5,14H2,2H3. The van der Waals surface area contributed by atoms with Gasteiger partial charge in [-0.15, -0.1) is 6.58 Å². The van der Waals surface area contributed by atoms with E-state index < -0.39 is 5.82 Å². The van der Waals surface area contributed by atoms with Crippen molar-refractivity contribution in [3.8, 4) is 5.75 Å². The number of aromatic nitrogens is 1. The van der Waals surface area contributed by atoms with Crippen LogP contribution in [0.4, 0.5) is 10.1 Å². The van der Waals surface area contributed by atoms with Crippen molar-refractivity contribution in [1.82, 2.24) is 4.98 Å². The molecule has 1 aromatic heterocycles. The quantitative estimate of drug-likeness (QED) is 0.438. The SMILES string of the molecule is C=CCCCOc1cccc(N(C)C(=O)c2ccc3ncccc3c2)c1F. The summed E-state index contributed by atoms with van der Waals surface area (Å²) in [7, 11) is 1.55. The van der Waals surface area contributed by atoms with Crippen molar-refractivity contribution in [3.05, 3.63) is 78.8 Å². The molecule has 3 aromatic rings. The molecule has 0 bridgehead atoms. The smallest absolute Gasteiger partial charge is 0.258 e. The third kappa shape index (κ3) is 4.14. The molecule has 0 atom stereocenters. The van der Waals surface area contributed by atoms with Gasteiger partial charge in [-0.1, -0.05) is 18.2 Å². The first-order chi connectivity index (χ1) is 13.1. The number of halogens is 1. The van der Waals surface area contributed by atoms with E-state index in [1.807, 2.05) is 12.1 Å². The van der Waals surface area contributed by atoms with E-state index in [2.05, 4.69) is 11.6 Å². The Balaban J connectivity index is 1.82. The van der Waals surface area contributed by atoms with Crippen LogP contribution in [0.2, 0.25) is 0 Å². The lowest BCUT2D eigenvalue weighted by Crippen LogP contribution is -2.27. The molecule has 3 rings (SSSR count). The summed E-state index contributed by atoms with van der Waals surface area (Å²) in [6, 6.07) is 13.7. The molecule has 0 aliphatic rings. The van der Waals surface area contributed by atoms with E-state index in [9.17, 15) is 9.18 Å². The fourth-order valence-electron chi connectivity index (χ4n) is 2.79. The van der Waals surface area contributed by atoms with Crippen molar-refractivity contribution in [2.24, 2.45) is 0 Å². The van der Waals surface area contributed by atoms with Crippen LogP contribution >= 0.6 is 0 Å². The Bertz CT molecular complexity index is 971. The number of anilines is 1. The van der Waals surface area contributed by atoms with E-state index in [0.717, 1.165) is 23.7 Å². The third-order valence-electron chi connectivity index (χ3n) is 4.27. The molecular formula is C22H21FN2O2. The van der Waals surface area contributed by atoms with Crippen LogP contribution in [0.3, 0.4) is 0 Å². The zero-order valence-corrected chi connectivity index (χ0v) is 15.2. The van der Waals surface area contributed by atoms with Gasteiger partial charge in [0.1, 0.15) is 0 Å². The predicted molar refractivity (Wildman–Crippen MR) is 106 cm³/mol. The lowest BCUT2D eigenvalue weighted by Gasteiger charge is -2.19. The molecule has 0 aliphatic carbocycles. The lowest BCUT2D eigenvalue weighted by atomic mass is 10.1. The van der Waals surface area contributed by atoms with Crippen LogP contribution in [-0.2, 0) is 0 Å². The van der Waals surface area contributed by atoms with Gasteiger partial charge < -0.3 is 9.64 Å². The van der Waals surface area contributed by atoms with Gasteiger partial charge in [0, 0.05) is 24.2 Å². The zero-order valence-electron chi connectivity index (χ0n) is 15.2. The first kappa shape index (κ1) is 18.6. The Morgan fingerprint density at radius 2 is 2.11 bits per heavy atom. The number of rotatable bonds is 7. The van der Waals surface area contributed by atoms with Crippen molar-refractivity contribution in [2.45, 2.75) is 12.8 Å². The second-order valence-corrected chi connectivity index (χ2v) is 6.14. The largest absolute Gasteiger partial charge is 0.490 e. The number of nitrogens with zero attached hydrogens (tertiary/aromatic N) is 2. The molecule has 0 aliphatic heterocycles. The summed E-state index contributed by atoms with van der Waals surface area (Å²) < 4.78 is 20.3. The molecule has 138 valence electrons. The van der Waals surface area contributed by atoms with Crippen molar-refractivity contribution >= 4 is 22.5 Å².